The van der Waals surface area contributed by atoms with Gasteiger partial charge in [0.25, 0.3) is 0 Å². The zero-order valence-corrected chi connectivity index (χ0v) is 19.2. The Labute approximate surface area is 186 Å². The van der Waals surface area contributed by atoms with Crippen LogP contribution in [0, 0.1) is 5.92 Å². The van der Waals surface area contributed by atoms with Crippen LogP contribution >= 0.6 is 12.2 Å². The van der Waals surface area contributed by atoms with Crippen LogP contribution in [0.1, 0.15) is 58.8 Å². The van der Waals surface area contributed by atoms with Gasteiger partial charge in [-0.15, -0.1) is 0 Å². The van der Waals surface area contributed by atoms with Gasteiger partial charge in [0.05, 0.1) is 6.10 Å². The molecule has 2 atom stereocenters. The van der Waals surface area contributed by atoms with Crippen molar-refractivity contribution in [1.82, 2.24) is 15.3 Å². The fraction of sp³-hybridized carbons (Fsp3) is 0.773. The molecule has 0 aliphatic carbocycles. The molecular formula is C22H36N6OS. The molecule has 0 spiro atoms. The van der Waals surface area contributed by atoms with Crippen LogP contribution in [-0.2, 0) is 4.74 Å². The second kappa shape index (κ2) is 10.1. The molecule has 0 saturated carbocycles. The van der Waals surface area contributed by atoms with Gasteiger partial charge < -0.3 is 25.2 Å². The third kappa shape index (κ3) is 5.52. The summed E-state index contributed by atoms with van der Waals surface area (Å²) in [6.07, 6.45) is 8.61. The monoisotopic (exact) mass is 432 g/mol. The molecule has 166 valence electrons. The van der Waals surface area contributed by atoms with Crippen LogP contribution < -0.4 is 20.4 Å². The molecule has 7 nitrogen and oxygen atoms in total. The van der Waals surface area contributed by atoms with E-state index >= 15 is 0 Å². The average Bonchev–Trinajstić information content (AvgIpc) is 3.27. The molecule has 8 heteroatoms. The molecule has 0 bridgehead atoms. The molecule has 4 heterocycles. The van der Waals surface area contributed by atoms with Crippen molar-refractivity contribution in [2.75, 3.05) is 47.9 Å². The fourth-order valence-electron chi connectivity index (χ4n) is 4.62. The maximum atomic E-state index is 5.68. The summed E-state index contributed by atoms with van der Waals surface area (Å²) in [4.78, 5) is 14.5. The number of piperidine rings is 2. The maximum absolute atomic E-state index is 5.68. The molecule has 1 aromatic rings. The van der Waals surface area contributed by atoms with Gasteiger partial charge >= 0.3 is 0 Å². The highest BCUT2D eigenvalue weighted by molar-refractivity contribution is 7.80. The zero-order chi connectivity index (χ0) is 20.9. The molecule has 4 rings (SSSR count). The van der Waals surface area contributed by atoms with Crippen molar-refractivity contribution in [3.63, 3.8) is 0 Å². The number of nitrogens with one attached hydrogen (secondary N) is 2. The van der Waals surface area contributed by atoms with Gasteiger partial charge in [-0.25, -0.2) is 0 Å². The van der Waals surface area contributed by atoms with E-state index in [1.165, 1.54) is 32.1 Å². The number of rotatable bonds is 5. The van der Waals surface area contributed by atoms with Crippen molar-refractivity contribution in [1.29, 1.82) is 0 Å². The molecule has 1 aromatic heterocycles. The van der Waals surface area contributed by atoms with Crippen molar-refractivity contribution < 1.29 is 4.74 Å². The lowest BCUT2D eigenvalue weighted by Gasteiger charge is -2.36. The zero-order valence-electron chi connectivity index (χ0n) is 18.4. The maximum Gasteiger partial charge on any atom is 0.232 e. The molecule has 3 aliphatic heterocycles. The van der Waals surface area contributed by atoms with Crippen LogP contribution in [0.4, 0.5) is 17.6 Å². The van der Waals surface area contributed by atoms with Gasteiger partial charge in [-0.05, 0) is 70.0 Å². The number of nitrogens with zero attached hydrogens (tertiary/aromatic N) is 4. The second-order valence-corrected chi connectivity index (χ2v) is 9.49. The van der Waals surface area contributed by atoms with E-state index in [9.17, 15) is 0 Å². The number of hydrogen-bond donors (Lipinski definition) is 2. The van der Waals surface area contributed by atoms with Crippen LogP contribution in [0.25, 0.3) is 0 Å². The smallest absolute Gasteiger partial charge is 0.232 e. The number of thiocarbonyl (C=S) groups is 1. The van der Waals surface area contributed by atoms with E-state index in [0.29, 0.717) is 17.1 Å². The van der Waals surface area contributed by atoms with Gasteiger partial charge in [0.1, 0.15) is 11.6 Å². The molecule has 3 fully saturated rings. The predicted molar refractivity (Wildman–Crippen MR) is 126 cm³/mol. The highest BCUT2D eigenvalue weighted by atomic mass is 32.1. The summed E-state index contributed by atoms with van der Waals surface area (Å²) in [5.41, 5.74) is 0. The summed E-state index contributed by atoms with van der Waals surface area (Å²) in [5.74, 6) is 3.39. The molecule has 3 aliphatic rings. The quantitative estimate of drug-likeness (QED) is 0.685. The SMILES string of the molecule is CC1CCN(c2cc(N3CCCC[C@H]3C)nc(NC(=S)NC[C@H]3CCCO3)n2)CC1. The first kappa shape index (κ1) is 21.6. The van der Waals surface area contributed by atoms with E-state index in [-0.39, 0.29) is 6.10 Å². The minimum absolute atomic E-state index is 0.247. The standard InChI is InChI=1S/C22H36N6OS/c1-16-8-11-27(12-9-16)19-14-20(28-10-4-3-6-17(28)2)25-21(24-19)26-22(30)23-15-18-7-5-13-29-18/h14,16-18H,3-13,15H2,1-2H3,(H2,23,24,25,26,30)/t17-,18-/m1/s1. The van der Waals surface area contributed by atoms with Gasteiger partial charge in [0.2, 0.25) is 5.95 Å². The highest BCUT2D eigenvalue weighted by Crippen LogP contribution is 2.29. The number of aromatic nitrogens is 2. The molecule has 30 heavy (non-hydrogen) atoms. The summed E-state index contributed by atoms with van der Waals surface area (Å²) in [6, 6.07) is 2.67. The molecule has 0 radical (unpaired) electrons. The van der Waals surface area contributed by atoms with Crippen LogP contribution in [0.2, 0.25) is 0 Å². The Morgan fingerprint density at radius 2 is 1.87 bits per heavy atom. The summed E-state index contributed by atoms with van der Waals surface area (Å²) < 4.78 is 5.68. The minimum Gasteiger partial charge on any atom is -0.376 e. The molecular weight excluding hydrogens is 396 g/mol. The highest BCUT2D eigenvalue weighted by Gasteiger charge is 2.24. The topological polar surface area (TPSA) is 65.5 Å². The van der Waals surface area contributed by atoms with Crippen molar-refractivity contribution >= 4 is 34.9 Å². The average molecular weight is 433 g/mol. The first-order valence-electron chi connectivity index (χ1n) is 11.7. The second-order valence-electron chi connectivity index (χ2n) is 9.09. The Morgan fingerprint density at radius 1 is 1.07 bits per heavy atom. The van der Waals surface area contributed by atoms with Crippen molar-refractivity contribution in [2.24, 2.45) is 5.92 Å². The molecule has 3 saturated heterocycles. The largest absolute Gasteiger partial charge is 0.376 e. The Bertz CT molecular complexity index is 718. The molecule has 2 N–H and O–H groups in total. The Kier molecular flexibility index (Phi) is 7.25. The summed E-state index contributed by atoms with van der Waals surface area (Å²) in [6.45, 7) is 9.36. The lowest BCUT2D eigenvalue weighted by Crippen LogP contribution is -2.39. The van der Waals surface area contributed by atoms with Gasteiger partial charge in [-0.3, -0.25) is 0 Å². The molecule has 0 unspecified atom stereocenters. The van der Waals surface area contributed by atoms with E-state index in [4.69, 9.17) is 26.9 Å². The number of hydrogen-bond acceptors (Lipinski definition) is 6. The third-order valence-corrected chi connectivity index (χ3v) is 6.89. The number of anilines is 3. The van der Waals surface area contributed by atoms with Crippen LogP contribution in [0.5, 0.6) is 0 Å². The summed E-state index contributed by atoms with van der Waals surface area (Å²) >= 11 is 5.52. The van der Waals surface area contributed by atoms with Gasteiger partial charge in [0, 0.05) is 44.9 Å². The van der Waals surface area contributed by atoms with E-state index < -0.39 is 0 Å². The minimum atomic E-state index is 0.247. The molecule has 0 aromatic carbocycles. The summed E-state index contributed by atoms with van der Waals surface area (Å²) in [7, 11) is 0. The predicted octanol–water partition coefficient (Wildman–Crippen LogP) is 3.56. The lowest BCUT2D eigenvalue weighted by molar-refractivity contribution is 0.114. The number of ether oxygens (including phenoxy) is 1. The normalized spacial score (nSPS) is 25.4. The van der Waals surface area contributed by atoms with E-state index in [1.807, 2.05) is 0 Å². The van der Waals surface area contributed by atoms with Crippen LogP contribution in [0.3, 0.4) is 0 Å². The third-order valence-electron chi connectivity index (χ3n) is 6.64. The Hall–Kier alpha value is -1.67. The first-order valence-corrected chi connectivity index (χ1v) is 12.1. The van der Waals surface area contributed by atoms with Crippen molar-refractivity contribution in [2.45, 2.75) is 70.9 Å². The van der Waals surface area contributed by atoms with E-state index in [2.05, 4.69) is 40.3 Å². The summed E-state index contributed by atoms with van der Waals surface area (Å²) in [5, 5.41) is 7.07. The molecule has 0 amide bonds. The van der Waals surface area contributed by atoms with Crippen molar-refractivity contribution in [3.05, 3.63) is 6.07 Å². The van der Waals surface area contributed by atoms with Gasteiger partial charge in [-0.2, -0.15) is 9.97 Å². The van der Waals surface area contributed by atoms with E-state index in [0.717, 1.165) is 63.2 Å². The van der Waals surface area contributed by atoms with Crippen molar-refractivity contribution in [3.8, 4) is 0 Å². The fourth-order valence-corrected chi connectivity index (χ4v) is 4.80. The first-order chi connectivity index (χ1) is 14.6. The lowest BCUT2D eigenvalue weighted by atomic mass is 9.99. The Morgan fingerprint density at radius 3 is 2.60 bits per heavy atom. The van der Waals surface area contributed by atoms with Crippen LogP contribution in [-0.4, -0.2) is 60.0 Å². The van der Waals surface area contributed by atoms with Crippen LogP contribution in [0.15, 0.2) is 6.07 Å². The van der Waals surface area contributed by atoms with Gasteiger partial charge in [0.15, 0.2) is 5.11 Å². The van der Waals surface area contributed by atoms with Gasteiger partial charge in [-0.1, -0.05) is 6.92 Å². The van der Waals surface area contributed by atoms with E-state index in [1.54, 1.807) is 0 Å². The Balaban J connectivity index is 1.49.